The monoisotopic (exact) mass is 289 g/mol. The zero-order valence-electron chi connectivity index (χ0n) is 11.5. The third kappa shape index (κ3) is 2.21. The van der Waals surface area contributed by atoms with Gasteiger partial charge in [0, 0.05) is 19.1 Å². The van der Waals surface area contributed by atoms with Crippen LogP contribution in [-0.4, -0.2) is 47.0 Å². The third-order valence-electron chi connectivity index (χ3n) is 4.17. The molecule has 2 heterocycles. The minimum absolute atomic E-state index is 0.00863. The lowest BCUT2D eigenvalue weighted by molar-refractivity contribution is 0.0576. The molecular formula is C15H15NO5. The molecule has 0 saturated carbocycles. The molecule has 2 aliphatic heterocycles. The second kappa shape index (κ2) is 4.96. The molecule has 1 fully saturated rings. The van der Waals surface area contributed by atoms with Crippen LogP contribution in [0.4, 0.5) is 0 Å². The predicted octanol–water partition coefficient (Wildman–Crippen LogP) is 1.41. The number of benzene rings is 1. The Morgan fingerprint density at radius 1 is 1.33 bits per heavy atom. The van der Waals surface area contributed by atoms with Gasteiger partial charge < -0.3 is 9.84 Å². The van der Waals surface area contributed by atoms with Crippen molar-refractivity contribution in [3.63, 3.8) is 0 Å². The van der Waals surface area contributed by atoms with Gasteiger partial charge >= 0.3 is 5.97 Å². The average molecular weight is 289 g/mol. The highest BCUT2D eigenvalue weighted by Crippen LogP contribution is 2.28. The van der Waals surface area contributed by atoms with E-state index in [4.69, 9.17) is 9.84 Å². The van der Waals surface area contributed by atoms with E-state index in [1.807, 2.05) is 6.92 Å². The molecule has 1 N–H and O–H groups in total. The third-order valence-corrected chi connectivity index (χ3v) is 4.17. The summed E-state index contributed by atoms with van der Waals surface area (Å²) in [6, 6.07) is 4.03. The van der Waals surface area contributed by atoms with E-state index in [1.54, 1.807) is 0 Å². The lowest BCUT2D eigenvalue weighted by Gasteiger charge is -2.20. The Morgan fingerprint density at radius 3 is 2.67 bits per heavy atom. The fraction of sp³-hybridized carbons (Fsp3) is 0.400. The number of carboxylic acids is 1. The van der Waals surface area contributed by atoms with Crippen LogP contribution in [0.1, 0.15) is 44.4 Å². The quantitative estimate of drug-likeness (QED) is 0.850. The molecule has 2 aliphatic rings. The van der Waals surface area contributed by atoms with Crippen LogP contribution in [0.3, 0.4) is 0 Å². The van der Waals surface area contributed by atoms with Gasteiger partial charge in [-0.15, -0.1) is 0 Å². The summed E-state index contributed by atoms with van der Waals surface area (Å²) in [5.41, 5.74) is 0.456. The van der Waals surface area contributed by atoms with Crippen molar-refractivity contribution in [1.82, 2.24) is 4.90 Å². The van der Waals surface area contributed by atoms with Gasteiger partial charge in [-0.25, -0.2) is 4.79 Å². The van der Waals surface area contributed by atoms with Gasteiger partial charge in [-0.1, -0.05) is 0 Å². The highest BCUT2D eigenvalue weighted by Gasteiger charge is 2.39. The summed E-state index contributed by atoms with van der Waals surface area (Å²) in [4.78, 5) is 36.8. The number of carboxylic acid groups (broad SMARTS) is 1. The van der Waals surface area contributed by atoms with Gasteiger partial charge in [-0.05, 0) is 31.5 Å². The fourth-order valence-corrected chi connectivity index (χ4v) is 2.84. The Labute approximate surface area is 121 Å². The van der Waals surface area contributed by atoms with Gasteiger partial charge in [0.05, 0.1) is 22.8 Å². The molecule has 110 valence electrons. The first-order chi connectivity index (χ1) is 9.99. The molecule has 2 unspecified atom stereocenters. The molecule has 0 radical (unpaired) electrons. The van der Waals surface area contributed by atoms with Gasteiger partial charge in [-0.2, -0.15) is 0 Å². The van der Waals surface area contributed by atoms with Crippen molar-refractivity contribution in [1.29, 1.82) is 0 Å². The first kappa shape index (κ1) is 13.8. The molecule has 0 aliphatic carbocycles. The van der Waals surface area contributed by atoms with E-state index in [0.29, 0.717) is 13.2 Å². The SMILES string of the molecule is CC1OCCC1CN1C(=O)c2ccc(C(=O)O)cc2C1=O. The molecule has 0 aromatic heterocycles. The number of carbonyl (C=O) groups excluding carboxylic acids is 2. The summed E-state index contributed by atoms with van der Waals surface area (Å²) in [7, 11) is 0. The largest absolute Gasteiger partial charge is 0.478 e. The van der Waals surface area contributed by atoms with Crippen LogP contribution in [0, 0.1) is 5.92 Å². The van der Waals surface area contributed by atoms with Crippen molar-refractivity contribution in [3.8, 4) is 0 Å². The Balaban J connectivity index is 1.88. The summed E-state index contributed by atoms with van der Waals surface area (Å²) < 4.78 is 5.45. The van der Waals surface area contributed by atoms with Gasteiger partial charge in [0.25, 0.3) is 11.8 Å². The molecular weight excluding hydrogens is 274 g/mol. The molecule has 2 amide bonds. The van der Waals surface area contributed by atoms with Crippen LogP contribution in [0.2, 0.25) is 0 Å². The van der Waals surface area contributed by atoms with Crippen LogP contribution >= 0.6 is 0 Å². The number of hydrogen-bond acceptors (Lipinski definition) is 4. The van der Waals surface area contributed by atoms with Crippen LogP contribution in [-0.2, 0) is 4.74 Å². The first-order valence-electron chi connectivity index (χ1n) is 6.84. The number of nitrogens with zero attached hydrogens (tertiary/aromatic N) is 1. The van der Waals surface area contributed by atoms with Crippen LogP contribution in [0.25, 0.3) is 0 Å². The number of imide groups is 1. The molecule has 1 aromatic rings. The highest BCUT2D eigenvalue weighted by atomic mass is 16.5. The Morgan fingerprint density at radius 2 is 2.05 bits per heavy atom. The van der Waals surface area contributed by atoms with Crippen LogP contribution in [0.5, 0.6) is 0 Å². The second-order valence-corrected chi connectivity index (χ2v) is 5.41. The zero-order chi connectivity index (χ0) is 15.1. The summed E-state index contributed by atoms with van der Waals surface area (Å²) in [5.74, 6) is -1.76. The smallest absolute Gasteiger partial charge is 0.335 e. The number of fused-ring (bicyclic) bond motifs is 1. The normalized spacial score (nSPS) is 24.5. The van der Waals surface area contributed by atoms with Gasteiger partial charge in [-0.3, -0.25) is 14.5 Å². The molecule has 6 nitrogen and oxygen atoms in total. The molecule has 6 heteroatoms. The Bertz CT molecular complexity index is 639. The molecule has 1 saturated heterocycles. The summed E-state index contributed by atoms with van der Waals surface area (Å²) >= 11 is 0. The minimum Gasteiger partial charge on any atom is -0.478 e. The maximum atomic E-state index is 12.3. The summed E-state index contributed by atoms with van der Waals surface area (Å²) in [6.07, 6.45) is 0.832. The van der Waals surface area contributed by atoms with Crippen LogP contribution in [0.15, 0.2) is 18.2 Å². The number of hydrogen-bond donors (Lipinski definition) is 1. The van der Waals surface area contributed by atoms with Gasteiger partial charge in [0.15, 0.2) is 0 Å². The van der Waals surface area contributed by atoms with Crippen molar-refractivity contribution < 1.29 is 24.2 Å². The summed E-state index contributed by atoms with van der Waals surface area (Å²) in [6.45, 7) is 2.88. The topological polar surface area (TPSA) is 83.9 Å². The number of carbonyl (C=O) groups is 3. The number of aromatic carboxylic acids is 1. The molecule has 2 atom stereocenters. The van der Waals surface area contributed by atoms with Crippen LogP contribution < -0.4 is 0 Å². The Hall–Kier alpha value is -2.21. The van der Waals surface area contributed by atoms with Crippen molar-refractivity contribution >= 4 is 17.8 Å². The maximum absolute atomic E-state index is 12.3. The zero-order valence-corrected chi connectivity index (χ0v) is 11.5. The second-order valence-electron chi connectivity index (χ2n) is 5.41. The highest BCUT2D eigenvalue weighted by molar-refractivity contribution is 6.21. The molecule has 0 spiro atoms. The lowest BCUT2D eigenvalue weighted by Crippen LogP contribution is -2.36. The maximum Gasteiger partial charge on any atom is 0.335 e. The molecule has 1 aromatic carbocycles. The number of rotatable bonds is 3. The predicted molar refractivity (Wildman–Crippen MR) is 72.3 cm³/mol. The van der Waals surface area contributed by atoms with Crippen molar-refractivity contribution in [2.45, 2.75) is 19.4 Å². The summed E-state index contributed by atoms with van der Waals surface area (Å²) in [5, 5.41) is 8.97. The van der Waals surface area contributed by atoms with Crippen molar-refractivity contribution in [2.75, 3.05) is 13.2 Å². The van der Waals surface area contributed by atoms with Gasteiger partial charge in [0.1, 0.15) is 0 Å². The van der Waals surface area contributed by atoms with E-state index in [0.717, 1.165) is 6.42 Å². The van der Waals surface area contributed by atoms with Crippen molar-refractivity contribution in [2.24, 2.45) is 5.92 Å². The molecule has 0 bridgehead atoms. The standard InChI is InChI=1S/C15H15NO5/c1-8-10(4-5-21-8)7-16-13(17)11-3-2-9(15(19)20)6-12(11)14(16)18/h2-3,6,8,10H,4-5,7H2,1H3,(H,19,20). The van der Waals surface area contributed by atoms with E-state index in [9.17, 15) is 14.4 Å². The van der Waals surface area contributed by atoms with Crippen molar-refractivity contribution in [3.05, 3.63) is 34.9 Å². The van der Waals surface area contributed by atoms with E-state index >= 15 is 0 Å². The average Bonchev–Trinajstić information content (AvgIpc) is 2.96. The molecule has 3 rings (SSSR count). The van der Waals surface area contributed by atoms with Gasteiger partial charge in [0.2, 0.25) is 0 Å². The molecule has 21 heavy (non-hydrogen) atoms. The first-order valence-corrected chi connectivity index (χ1v) is 6.84. The minimum atomic E-state index is -1.12. The Kier molecular flexibility index (Phi) is 3.25. The lowest BCUT2D eigenvalue weighted by atomic mass is 10.0. The van der Waals surface area contributed by atoms with E-state index in [2.05, 4.69) is 0 Å². The van der Waals surface area contributed by atoms with E-state index in [1.165, 1.54) is 23.1 Å². The van der Waals surface area contributed by atoms with E-state index in [-0.39, 0.29) is 34.6 Å². The number of amides is 2. The number of ether oxygens (including phenoxy) is 1. The van der Waals surface area contributed by atoms with E-state index < -0.39 is 11.9 Å². The fourth-order valence-electron chi connectivity index (χ4n) is 2.84.